The van der Waals surface area contributed by atoms with Crippen molar-refractivity contribution in [2.24, 2.45) is 0 Å². The SMILES string of the molecule is COc1ccc(C(F)(F)F)c(Cl)c1Cl. The Morgan fingerprint density at radius 1 is 1.14 bits per heavy atom. The van der Waals surface area contributed by atoms with Crippen LogP contribution in [0.15, 0.2) is 12.1 Å². The van der Waals surface area contributed by atoms with Crippen LogP contribution in [0.4, 0.5) is 13.2 Å². The molecule has 0 bridgehead atoms. The number of ether oxygens (including phenoxy) is 1. The average Bonchev–Trinajstić information content (AvgIpc) is 2.07. The molecule has 0 unspecified atom stereocenters. The molecule has 1 aromatic carbocycles. The maximum absolute atomic E-state index is 12.3. The molecule has 1 rings (SSSR count). The number of hydrogen-bond acceptors (Lipinski definition) is 1. The largest absolute Gasteiger partial charge is 0.495 e. The summed E-state index contributed by atoms with van der Waals surface area (Å²) in [6.07, 6.45) is -4.51. The highest BCUT2D eigenvalue weighted by Gasteiger charge is 2.34. The Balaban J connectivity index is 3.31. The molecule has 0 saturated heterocycles. The molecule has 0 heterocycles. The van der Waals surface area contributed by atoms with E-state index >= 15 is 0 Å². The Bertz CT molecular complexity index is 349. The van der Waals surface area contributed by atoms with Gasteiger partial charge in [-0.05, 0) is 12.1 Å². The second-order valence-corrected chi connectivity index (χ2v) is 3.20. The molecule has 1 nitrogen and oxygen atoms in total. The predicted octanol–water partition coefficient (Wildman–Crippen LogP) is 4.02. The summed E-state index contributed by atoms with van der Waals surface area (Å²) in [5.41, 5.74) is -0.968. The summed E-state index contributed by atoms with van der Waals surface area (Å²) in [6.45, 7) is 0. The first-order valence-corrected chi connectivity index (χ1v) is 4.22. The molecule has 0 aliphatic rings. The van der Waals surface area contributed by atoms with Gasteiger partial charge in [0.2, 0.25) is 0 Å². The zero-order valence-corrected chi connectivity index (χ0v) is 8.46. The number of halogens is 5. The first-order valence-electron chi connectivity index (χ1n) is 3.47. The van der Waals surface area contributed by atoms with Gasteiger partial charge in [-0.25, -0.2) is 0 Å². The Kier molecular flexibility index (Phi) is 3.17. The summed E-state index contributed by atoms with van der Waals surface area (Å²) in [5, 5.41) is -0.775. The molecule has 0 spiro atoms. The van der Waals surface area contributed by atoms with Gasteiger partial charge in [-0.1, -0.05) is 23.2 Å². The highest BCUT2D eigenvalue weighted by atomic mass is 35.5. The molecule has 0 saturated carbocycles. The fourth-order valence-electron chi connectivity index (χ4n) is 0.908. The Morgan fingerprint density at radius 3 is 2.14 bits per heavy atom. The molecule has 0 aliphatic carbocycles. The molecule has 1 aromatic rings. The fourth-order valence-corrected chi connectivity index (χ4v) is 1.41. The molecule has 14 heavy (non-hydrogen) atoms. The van der Waals surface area contributed by atoms with Crippen LogP contribution in [0.5, 0.6) is 5.75 Å². The second-order valence-electron chi connectivity index (χ2n) is 2.44. The minimum Gasteiger partial charge on any atom is -0.495 e. The highest BCUT2D eigenvalue weighted by Crippen LogP contribution is 2.41. The summed E-state index contributed by atoms with van der Waals surface area (Å²) in [6, 6.07) is 1.95. The Hall–Kier alpha value is -0.610. The smallest absolute Gasteiger partial charge is 0.417 e. The van der Waals surface area contributed by atoms with Crippen LogP contribution in [0.3, 0.4) is 0 Å². The summed E-state index contributed by atoms with van der Waals surface area (Å²) in [5.74, 6) is 0.115. The van der Waals surface area contributed by atoms with Crippen molar-refractivity contribution in [2.75, 3.05) is 7.11 Å². The minimum absolute atomic E-state index is 0.115. The van der Waals surface area contributed by atoms with Crippen molar-refractivity contribution in [3.8, 4) is 5.75 Å². The van der Waals surface area contributed by atoms with Gasteiger partial charge in [0.25, 0.3) is 0 Å². The second kappa shape index (κ2) is 3.87. The standard InChI is InChI=1S/C8H5Cl2F3O/c1-14-5-3-2-4(8(11,12)13)6(9)7(5)10/h2-3H,1H3. The summed E-state index contributed by atoms with van der Waals surface area (Å²) >= 11 is 11.0. The van der Waals surface area contributed by atoms with Gasteiger partial charge >= 0.3 is 6.18 Å². The molecule has 0 N–H and O–H groups in total. The van der Waals surface area contributed by atoms with E-state index in [4.69, 9.17) is 27.9 Å². The van der Waals surface area contributed by atoms with Crippen molar-refractivity contribution in [1.82, 2.24) is 0 Å². The molecule has 0 amide bonds. The number of benzene rings is 1. The van der Waals surface area contributed by atoms with Crippen LogP contribution in [0.1, 0.15) is 5.56 Å². The van der Waals surface area contributed by atoms with Crippen molar-refractivity contribution in [2.45, 2.75) is 6.18 Å². The normalized spacial score (nSPS) is 11.6. The van der Waals surface area contributed by atoms with Gasteiger partial charge in [0.15, 0.2) is 0 Å². The predicted molar refractivity (Wildman–Crippen MR) is 48.0 cm³/mol. The monoisotopic (exact) mass is 244 g/mol. The molecule has 0 aromatic heterocycles. The van der Waals surface area contributed by atoms with Crippen LogP contribution in [0.2, 0.25) is 10.0 Å². The van der Waals surface area contributed by atoms with E-state index in [2.05, 4.69) is 0 Å². The molecular weight excluding hydrogens is 240 g/mol. The maximum atomic E-state index is 12.3. The maximum Gasteiger partial charge on any atom is 0.417 e. The highest BCUT2D eigenvalue weighted by molar-refractivity contribution is 6.43. The number of alkyl halides is 3. The van der Waals surface area contributed by atoms with Crippen molar-refractivity contribution >= 4 is 23.2 Å². The lowest BCUT2D eigenvalue weighted by Gasteiger charge is -2.11. The van der Waals surface area contributed by atoms with Gasteiger partial charge in [-0.3, -0.25) is 0 Å². The third kappa shape index (κ3) is 2.07. The summed E-state index contributed by atoms with van der Waals surface area (Å²) in [7, 11) is 1.30. The molecule has 0 aliphatic heterocycles. The van der Waals surface area contributed by atoms with E-state index in [0.29, 0.717) is 0 Å². The van der Waals surface area contributed by atoms with E-state index in [-0.39, 0.29) is 10.8 Å². The van der Waals surface area contributed by atoms with E-state index in [1.54, 1.807) is 0 Å². The van der Waals surface area contributed by atoms with Gasteiger partial charge < -0.3 is 4.74 Å². The lowest BCUT2D eigenvalue weighted by Crippen LogP contribution is -2.06. The Morgan fingerprint density at radius 2 is 1.71 bits per heavy atom. The molecule has 6 heteroatoms. The molecule has 0 fully saturated rings. The third-order valence-corrected chi connectivity index (χ3v) is 2.44. The van der Waals surface area contributed by atoms with Crippen molar-refractivity contribution < 1.29 is 17.9 Å². The van der Waals surface area contributed by atoms with E-state index in [1.165, 1.54) is 7.11 Å². The minimum atomic E-state index is -4.51. The van der Waals surface area contributed by atoms with E-state index in [9.17, 15) is 13.2 Å². The average molecular weight is 245 g/mol. The molecule has 0 radical (unpaired) electrons. The Labute approximate surface area is 88.4 Å². The molecule has 0 atom stereocenters. The molecule has 78 valence electrons. The van der Waals surface area contributed by atoms with Crippen LogP contribution in [-0.2, 0) is 6.18 Å². The zero-order chi connectivity index (χ0) is 10.9. The lowest BCUT2D eigenvalue weighted by atomic mass is 10.2. The topological polar surface area (TPSA) is 9.23 Å². The zero-order valence-electron chi connectivity index (χ0n) is 6.95. The third-order valence-electron chi connectivity index (χ3n) is 1.57. The van der Waals surface area contributed by atoms with E-state index in [1.807, 2.05) is 0 Å². The van der Waals surface area contributed by atoms with Crippen molar-refractivity contribution in [3.63, 3.8) is 0 Å². The van der Waals surface area contributed by atoms with Crippen molar-refractivity contribution in [3.05, 3.63) is 27.7 Å². The van der Waals surface area contributed by atoms with Gasteiger partial charge in [0.1, 0.15) is 10.8 Å². The van der Waals surface area contributed by atoms with Crippen molar-refractivity contribution in [1.29, 1.82) is 0 Å². The number of rotatable bonds is 1. The van der Waals surface area contributed by atoms with Gasteiger partial charge in [-0.15, -0.1) is 0 Å². The molecular formula is C8H5Cl2F3O. The van der Waals surface area contributed by atoms with Crippen LogP contribution in [0.25, 0.3) is 0 Å². The van der Waals surface area contributed by atoms with Gasteiger partial charge in [0.05, 0.1) is 17.7 Å². The first-order chi connectivity index (χ1) is 6.38. The van der Waals surface area contributed by atoms with E-state index in [0.717, 1.165) is 12.1 Å². The van der Waals surface area contributed by atoms with Crippen LogP contribution in [0, 0.1) is 0 Å². The van der Waals surface area contributed by atoms with Crippen LogP contribution in [-0.4, -0.2) is 7.11 Å². The summed E-state index contributed by atoms with van der Waals surface area (Å²) in [4.78, 5) is 0. The lowest BCUT2D eigenvalue weighted by molar-refractivity contribution is -0.137. The van der Waals surface area contributed by atoms with Gasteiger partial charge in [-0.2, -0.15) is 13.2 Å². The van der Waals surface area contributed by atoms with Gasteiger partial charge in [0, 0.05) is 0 Å². The van der Waals surface area contributed by atoms with Crippen LogP contribution >= 0.6 is 23.2 Å². The summed E-state index contributed by atoms with van der Waals surface area (Å²) < 4.78 is 41.6. The van der Waals surface area contributed by atoms with Crippen LogP contribution < -0.4 is 4.74 Å². The quantitative estimate of drug-likeness (QED) is 0.725. The fraction of sp³-hybridized carbons (Fsp3) is 0.250. The first kappa shape index (κ1) is 11.5. The van der Waals surface area contributed by atoms with E-state index < -0.39 is 16.8 Å². The number of hydrogen-bond donors (Lipinski definition) is 0. The number of methoxy groups -OCH3 is 1.